The zero-order valence-corrected chi connectivity index (χ0v) is 24.9. The predicted molar refractivity (Wildman–Crippen MR) is 162 cm³/mol. The van der Waals surface area contributed by atoms with E-state index in [9.17, 15) is 4.79 Å². The number of carbonyl (C=O) groups is 1. The lowest BCUT2D eigenvalue weighted by molar-refractivity contribution is -0.231. The first kappa shape index (κ1) is 26.4. The molecular weight excluding hydrogens is 526 g/mol. The second-order valence-corrected chi connectivity index (χ2v) is 13.9. The zero-order valence-electron chi connectivity index (χ0n) is 24.9. The number of amides is 1. The van der Waals surface area contributed by atoms with Gasteiger partial charge < -0.3 is 19.9 Å². The molecule has 0 bridgehead atoms. The normalized spacial score (nSPS) is 36.6. The van der Waals surface area contributed by atoms with Gasteiger partial charge >= 0.3 is 0 Å². The van der Waals surface area contributed by atoms with Crippen molar-refractivity contribution in [2.75, 3.05) is 36.0 Å². The van der Waals surface area contributed by atoms with Crippen LogP contribution in [0.2, 0.25) is 0 Å². The monoisotopic (exact) mass is 569 g/mol. The first-order valence-corrected chi connectivity index (χ1v) is 16.1. The molecule has 2 saturated carbocycles. The van der Waals surface area contributed by atoms with Gasteiger partial charge in [0.2, 0.25) is 5.91 Å². The SMILES string of the molecule is C[C@]12CCC(=O)N[C@@H]1CC[C@@H]1[C@@H]2CC[C@]2(C)O[C@H](n3cnc4c(N5CCN(c6ccccc6)CC5)ncnc43)CC[C@@H]12. The number of piperidine rings is 1. The highest BCUT2D eigenvalue weighted by atomic mass is 16.5. The number of anilines is 2. The molecule has 3 aliphatic heterocycles. The second kappa shape index (κ2) is 9.93. The average Bonchev–Trinajstić information content (AvgIpc) is 3.46. The van der Waals surface area contributed by atoms with E-state index in [2.05, 4.69) is 63.9 Å². The van der Waals surface area contributed by atoms with Crippen molar-refractivity contribution in [2.24, 2.45) is 23.2 Å². The highest BCUT2D eigenvalue weighted by molar-refractivity contribution is 5.83. The Morgan fingerprint density at radius 2 is 1.69 bits per heavy atom. The quantitative estimate of drug-likeness (QED) is 0.478. The van der Waals surface area contributed by atoms with Crippen molar-refractivity contribution in [3.8, 4) is 0 Å². The minimum Gasteiger partial charge on any atom is -0.368 e. The molecule has 9 heteroatoms. The fourth-order valence-electron chi connectivity index (χ4n) is 9.64. The van der Waals surface area contributed by atoms with Crippen LogP contribution in [0.3, 0.4) is 0 Å². The number of aromatic nitrogens is 4. The van der Waals surface area contributed by atoms with Crippen LogP contribution in [0.4, 0.5) is 11.5 Å². The van der Waals surface area contributed by atoms with Crippen LogP contribution in [0.5, 0.6) is 0 Å². The molecule has 222 valence electrons. The van der Waals surface area contributed by atoms with Crippen LogP contribution in [0, 0.1) is 23.2 Å². The Balaban J connectivity index is 0.995. The topological polar surface area (TPSA) is 88.4 Å². The van der Waals surface area contributed by atoms with E-state index in [1.807, 2.05) is 6.33 Å². The van der Waals surface area contributed by atoms with E-state index in [1.54, 1.807) is 6.33 Å². The van der Waals surface area contributed by atoms with Crippen molar-refractivity contribution in [3.63, 3.8) is 0 Å². The fraction of sp³-hybridized carbons (Fsp3) is 0.636. The molecule has 1 amide bonds. The number of nitrogens with one attached hydrogen (secondary N) is 1. The third-order valence-corrected chi connectivity index (χ3v) is 11.9. The predicted octanol–water partition coefficient (Wildman–Crippen LogP) is 4.94. The van der Waals surface area contributed by atoms with Crippen molar-refractivity contribution >= 4 is 28.6 Å². The smallest absolute Gasteiger partial charge is 0.220 e. The molecule has 3 saturated heterocycles. The number of carbonyl (C=O) groups excluding carboxylic acids is 1. The maximum Gasteiger partial charge on any atom is 0.220 e. The number of hydrogen-bond acceptors (Lipinski definition) is 7. The van der Waals surface area contributed by atoms with Gasteiger partial charge in [-0.05, 0) is 87.2 Å². The van der Waals surface area contributed by atoms with Crippen molar-refractivity contribution in [1.29, 1.82) is 0 Å². The summed E-state index contributed by atoms with van der Waals surface area (Å²) >= 11 is 0. The number of fused-ring (bicyclic) bond motifs is 6. The van der Waals surface area contributed by atoms with Gasteiger partial charge in [-0.1, -0.05) is 25.1 Å². The molecule has 2 aliphatic carbocycles. The van der Waals surface area contributed by atoms with E-state index >= 15 is 0 Å². The second-order valence-electron chi connectivity index (χ2n) is 13.9. The summed E-state index contributed by atoms with van der Waals surface area (Å²) in [4.78, 5) is 31.3. The number of imidazole rings is 1. The lowest BCUT2D eigenvalue weighted by Crippen LogP contribution is -2.63. The van der Waals surface area contributed by atoms with Crippen molar-refractivity contribution in [1.82, 2.24) is 24.8 Å². The lowest BCUT2D eigenvalue weighted by atomic mass is 9.48. The van der Waals surface area contributed by atoms with Gasteiger partial charge in [-0.15, -0.1) is 0 Å². The molecule has 3 aromatic rings. The average molecular weight is 570 g/mol. The van der Waals surface area contributed by atoms with Crippen molar-refractivity contribution in [2.45, 2.75) is 83.1 Å². The summed E-state index contributed by atoms with van der Waals surface area (Å²) in [6, 6.07) is 11.0. The number of ether oxygens (including phenoxy) is 1. The van der Waals surface area contributed by atoms with Crippen LogP contribution in [-0.2, 0) is 9.53 Å². The summed E-state index contributed by atoms with van der Waals surface area (Å²) in [7, 11) is 0. The number of piperazine rings is 1. The summed E-state index contributed by atoms with van der Waals surface area (Å²) < 4.78 is 9.26. The first-order chi connectivity index (χ1) is 20.4. The molecule has 9 nitrogen and oxygen atoms in total. The Morgan fingerprint density at radius 3 is 2.52 bits per heavy atom. The zero-order chi connectivity index (χ0) is 28.5. The van der Waals surface area contributed by atoms with Crippen molar-refractivity contribution < 1.29 is 9.53 Å². The first-order valence-electron chi connectivity index (χ1n) is 16.1. The van der Waals surface area contributed by atoms with Gasteiger partial charge in [-0.25, -0.2) is 15.0 Å². The van der Waals surface area contributed by atoms with Crippen LogP contribution in [-0.4, -0.2) is 63.2 Å². The number of hydrogen-bond donors (Lipinski definition) is 1. The highest BCUT2D eigenvalue weighted by Gasteiger charge is 2.59. The largest absolute Gasteiger partial charge is 0.368 e. The van der Waals surface area contributed by atoms with Crippen LogP contribution < -0.4 is 15.1 Å². The molecule has 5 aliphatic rings. The molecule has 1 N–H and O–H groups in total. The van der Waals surface area contributed by atoms with E-state index in [4.69, 9.17) is 19.7 Å². The molecule has 5 fully saturated rings. The number of para-hydroxylation sites is 1. The number of nitrogens with zero attached hydrogens (tertiary/aromatic N) is 6. The summed E-state index contributed by atoms with van der Waals surface area (Å²) in [5.74, 6) is 3.07. The molecule has 0 radical (unpaired) electrons. The summed E-state index contributed by atoms with van der Waals surface area (Å²) in [5, 5.41) is 3.36. The van der Waals surface area contributed by atoms with Crippen LogP contribution >= 0.6 is 0 Å². The molecule has 5 heterocycles. The van der Waals surface area contributed by atoms with Crippen LogP contribution in [0.15, 0.2) is 43.0 Å². The van der Waals surface area contributed by atoms with E-state index in [-0.39, 0.29) is 23.2 Å². The summed E-state index contributed by atoms with van der Waals surface area (Å²) in [5.41, 5.74) is 3.09. The summed E-state index contributed by atoms with van der Waals surface area (Å²) in [6.07, 6.45) is 12.0. The standard InChI is InChI=1S/C33H43N7O2/c1-32-14-13-27(41)37-26(32)10-8-23-24(32)12-15-33(2)25(23)9-11-28(42-33)40-21-36-29-30(34-20-35-31(29)40)39-18-16-38(17-19-39)22-6-4-3-5-7-22/h3-7,20-21,23-26,28H,8-19H2,1-2H3,(H,37,41)/t23-,24+,25+,26-,28+,32-,33+/m1/s1. The van der Waals surface area contributed by atoms with Gasteiger partial charge in [-0.3, -0.25) is 9.36 Å². The Kier molecular flexibility index (Phi) is 6.25. The van der Waals surface area contributed by atoms with Gasteiger partial charge in [0.05, 0.1) is 11.9 Å². The summed E-state index contributed by atoms with van der Waals surface area (Å²) in [6.45, 7) is 8.54. The van der Waals surface area contributed by atoms with Gasteiger partial charge in [0.15, 0.2) is 17.0 Å². The fourth-order valence-corrected chi connectivity index (χ4v) is 9.64. The highest BCUT2D eigenvalue weighted by Crippen LogP contribution is 2.61. The molecule has 0 unspecified atom stereocenters. The number of benzene rings is 1. The lowest BCUT2D eigenvalue weighted by Gasteiger charge is -2.62. The van der Waals surface area contributed by atoms with Gasteiger partial charge in [0.25, 0.3) is 0 Å². The Morgan fingerprint density at radius 1 is 0.881 bits per heavy atom. The van der Waals surface area contributed by atoms with E-state index < -0.39 is 0 Å². The molecule has 7 atom stereocenters. The Hall–Kier alpha value is -3.20. The van der Waals surface area contributed by atoms with E-state index in [0.717, 1.165) is 75.3 Å². The maximum atomic E-state index is 12.2. The van der Waals surface area contributed by atoms with E-state index in [0.29, 0.717) is 30.2 Å². The molecule has 42 heavy (non-hydrogen) atoms. The third kappa shape index (κ3) is 4.13. The molecular formula is C33H43N7O2. The number of rotatable bonds is 3. The molecule has 2 aromatic heterocycles. The van der Waals surface area contributed by atoms with Crippen molar-refractivity contribution in [3.05, 3.63) is 43.0 Å². The minimum absolute atomic E-state index is 0.0635. The van der Waals surface area contributed by atoms with E-state index in [1.165, 1.54) is 18.5 Å². The Bertz CT molecular complexity index is 1470. The Labute approximate surface area is 248 Å². The maximum absolute atomic E-state index is 12.2. The molecule has 1 aromatic carbocycles. The van der Waals surface area contributed by atoms with Gasteiger partial charge in [-0.2, -0.15) is 0 Å². The van der Waals surface area contributed by atoms with Gasteiger partial charge in [0.1, 0.15) is 12.6 Å². The van der Waals surface area contributed by atoms with Gasteiger partial charge in [0, 0.05) is 44.3 Å². The minimum atomic E-state index is -0.147. The molecule has 8 rings (SSSR count). The third-order valence-electron chi connectivity index (χ3n) is 11.9. The molecule has 0 spiro atoms. The van der Waals surface area contributed by atoms with Crippen LogP contribution in [0.1, 0.15) is 71.4 Å². The van der Waals surface area contributed by atoms with Crippen LogP contribution in [0.25, 0.3) is 11.2 Å².